The van der Waals surface area contributed by atoms with Crippen LogP contribution in [0, 0.1) is 0 Å². The van der Waals surface area contributed by atoms with Gasteiger partial charge in [0.1, 0.15) is 0 Å². The normalized spacial score (nSPS) is 12.7. The fourth-order valence-corrected chi connectivity index (χ4v) is 4.43. The van der Waals surface area contributed by atoms with Crippen LogP contribution in [0.5, 0.6) is 0 Å². The maximum atomic E-state index is 10.4. The minimum absolute atomic E-state index is 0.414. The van der Waals surface area contributed by atoms with Gasteiger partial charge in [0.15, 0.2) is 5.94 Å². The van der Waals surface area contributed by atoms with Gasteiger partial charge >= 0.3 is 0 Å². The molecule has 0 saturated carbocycles. The molecule has 0 aliphatic rings. The van der Waals surface area contributed by atoms with Crippen molar-refractivity contribution in [2.24, 2.45) is 0 Å². The fourth-order valence-electron chi connectivity index (χ4n) is 2.79. The minimum Gasteiger partial charge on any atom is -0.363 e. The van der Waals surface area contributed by atoms with Gasteiger partial charge in [-0.2, -0.15) is 8.42 Å². The number of unbranched alkanes of at least 4 members (excludes halogenated alkanes) is 11. The Morgan fingerprint density at radius 1 is 0.708 bits per heavy atom. The van der Waals surface area contributed by atoms with Crippen molar-refractivity contribution >= 4 is 18.2 Å². The first-order chi connectivity index (χ1) is 11.2. The molecule has 0 aliphatic carbocycles. The van der Waals surface area contributed by atoms with Crippen molar-refractivity contribution in [3.8, 4) is 0 Å². The topological polar surface area (TPSA) is 63.6 Å². The van der Waals surface area contributed by atoms with Gasteiger partial charge in [0.25, 0.3) is 10.1 Å². The van der Waals surface area contributed by atoms with Gasteiger partial charge in [0.05, 0.1) is 0 Å². The molecule has 0 aliphatic heterocycles. The first-order valence-corrected chi connectivity index (χ1v) is 15.1. The number of hydrogen-bond donors (Lipinski definition) is 1. The number of rotatable bonds is 17. The second-order valence-corrected chi connectivity index (χ2v) is 15.2. The van der Waals surface area contributed by atoms with E-state index in [-0.39, 0.29) is 0 Å². The minimum atomic E-state index is -3.97. The molecular formula is C18H40O4SSi. The van der Waals surface area contributed by atoms with Crippen LogP contribution in [-0.4, -0.2) is 33.6 Å². The van der Waals surface area contributed by atoms with E-state index in [1.54, 1.807) is 0 Å². The molecule has 6 heteroatoms. The van der Waals surface area contributed by atoms with E-state index >= 15 is 0 Å². The van der Waals surface area contributed by atoms with Crippen molar-refractivity contribution in [2.75, 3.05) is 12.5 Å². The van der Waals surface area contributed by atoms with Crippen molar-refractivity contribution in [3.63, 3.8) is 0 Å². The summed E-state index contributed by atoms with van der Waals surface area (Å²) >= 11 is 0. The van der Waals surface area contributed by atoms with Crippen LogP contribution in [0.3, 0.4) is 0 Å². The van der Waals surface area contributed by atoms with Crippen molar-refractivity contribution < 1.29 is 17.7 Å². The molecule has 0 unspecified atom stereocenters. The highest BCUT2D eigenvalue weighted by molar-refractivity contribution is 7.85. The zero-order valence-corrected chi connectivity index (χ0v) is 18.0. The molecule has 0 spiro atoms. The average Bonchev–Trinajstić information content (AvgIpc) is 2.44. The molecule has 0 aromatic carbocycles. The van der Waals surface area contributed by atoms with Gasteiger partial charge < -0.3 is 4.74 Å². The summed E-state index contributed by atoms with van der Waals surface area (Å²) in [5, 5.41) is 0. The number of ether oxygens (including phenoxy) is 1. The van der Waals surface area contributed by atoms with Crippen LogP contribution in [-0.2, 0) is 14.9 Å². The average molecular weight is 381 g/mol. The lowest BCUT2D eigenvalue weighted by atomic mass is 10.1. The maximum Gasteiger partial charge on any atom is 0.289 e. The Hall–Kier alpha value is 0.0869. The molecule has 0 fully saturated rings. The van der Waals surface area contributed by atoms with E-state index in [1.165, 1.54) is 70.3 Å². The third-order valence-electron chi connectivity index (χ3n) is 4.20. The second-order valence-electron chi connectivity index (χ2n) is 8.16. The van der Waals surface area contributed by atoms with E-state index in [4.69, 9.17) is 9.29 Å². The Morgan fingerprint density at radius 3 is 1.46 bits per heavy atom. The summed E-state index contributed by atoms with van der Waals surface area (Å²) in [6, 6.07) is 1.48. The third kappa shape index (κ3) is 22.1. The van der Waals surface area contributed by atoms with Crippen LogP contribution in [0.2, 0.25) is 25.7 Å². The summed E-state index contributed by atoms with van der Waals surface area (Å²) < 4.78 is 34.3. The third-order valence-corrected chi connectivity index (χ3v) is 6.52. The zero-order chi connectivity index (χ0) is 18.3. The Labute approximate surface area is 151 Å². The Balaban J connectivity index is 3.10. The first-order valence-electron chi connectivity index (χ1n) is 9.74. The van der Waals surface area contributed by atoms with Gasteiger partial charge in [-0.25, -0.2) is 0 Å². The van der Waals surface area contributed by atoms with Gasteiger partial charge in [0.2, 0.25) is 0 Å². The highest BCUT2D eigenvalue weighted by Gasteiger charge is 2.11. The Kier molecular flexibility index (Phi) is 14.3. The van der Waals surface area contributed by atoms with Crippen molar-refractivity contribution in [2.45, 2.75) is 103 Å². The van der Waals surface area contributed by atoms with Crippen molar-refractivity contribution in [1.29, 1.82) is 0 Å². The molecule has 24 heavy (non-hydrogen) atoms. The van der Waals surface area contributed by atoms with Crippen LogP contribution in [0.25, 0.3) is 0 Å². The predicted octanol–water partition coefficient (Wildman–Crippen LogP) is 5.87. The molecule has 0 atom stereocenters. The molecule has 0 radical (unpaired) electrons. The summed E-state index contributed by atoms with van der Waals surface area (Å²) in [5.74, 6) is -0.578. The van der Waals surface area contributed by atoms with E-state index in [9.17, 15) is 8.42 Å². The SMILES string of the molecule is C[Si](C)(C)CCCCCCCCCCCCCCOCS(=O)(=O)O. The molecular weight excluding hydrogens is 340 g/mol. The fraction of sp³-hybridized carbons (Fsp3) is 1.00. The Morgan fingerprint density at radius 2 is 1.08 bits per heavy atom. The highest BCUT2D eigenvalue weighted by Crippen LogP contribution is 2.16. The Bertz CT molecular complexity index is 377. The molecule has 0 bridgehead atoms. The summed E-state index contributed by atoms with van der Waals surface area (Å²) in [7, 11) is -4.79. The van der Waals surface area contributed by atoms with Crippen LogP contribution in [0.15, 0.2) is 0 Å². The summed E-state index contributed by atoms with van der Waals surface area (Å²) in [4.78, 5) is 0. The van der Waals surface area contributed by atoms with Crippen LogP contribution >= 0.6 is 0 Å². The van der Waals surface area contributed by atoms with Crippen LogP contribution in [0.4, 0.5) is 0 Å². The maximum absolute atomic E-state index is 10.4. The molecule has 0 heterocycles. The van der Waals surface area contributed by atoms with E-state index < -0.39 is 24.1 Å². The van der Waals surface area contributed by atoms with E-state index in [0.29, 0.717) is 6.61 Å². The van der Waals surface area contributed by atoms with Crippen molar-refractivity contribution in [1.82, 2.24) is 0 Å². The quantitative estimate of drug-likeness (QED) is 0.195. The lowest BCUT2D eigenvalue weighted by molar-refractivity contribution is 0.165. The number of hydrogen-bond acceptors (Lipinski definition) is 3. The predicted molar refractivity (Wildman–Crippen MR) is 106 cm³/mol. The molecule has 1 N–H and O–H groups in total. The zero-order valence-electron chi connectivity index (χ0n) is 16.2. The van der Waals surface area contributed by atoms with E-state index in [2.05, 4.69) is 19.6 Å². The summed E-state index contributed by atoms with van der Waals surface area (Å²) in [6.07, 6.45) is 15.5. The van der Waals surface area contributed by atoms with Crippen LogP contribution in [0.1, 0.15) is 77.0 Å². The van der Waals surface area contributed by atoms with Gasteiger partial charge in [-0.1, -0.05) is 96.3 Å². The van der Waals surface area contributed by atoms with Gasteiger partial charge in [0, 0.05) is 14.7 Å². The van der Waals surface area contributed by atoms with Gasteiger partial charge in [-0.05, 0) is 6.42 Å². The lowest BCUT2D eigenvalue weighted by Crippen LogP contribution is -2.18. The molecule has 0 aromatic rings. The molecule has 0 aromatic heterocycles. The second kappa shape index (κ2) is 14.3. The summed E-state index contributed by atoms with van der Waals surface area (Å²) in [6.45, 7) is 7.79. The van der Waals surface area contributed by atoms with Crippen molar-refractivity contribution in [3.05, 3.63) is 0 Å². The van der Waals surface area contributed by atoms with Gasteiger partial charge in [-0.15, -0.1) is 0 Å². The van der Waals surface area contributed by atoms with Crippen LogP contribution < -0.4 is 0 Å². The molecule has 4 nitrogen and oxygen atoms in total. The standard InChI is InChI=1S/C18H40O4SSi/c1-24(2,3)17-15-13-11-9-7-5-4-6-8-10-12-14-16-22-18-23(19,20)21/h4-18H2,1-3H3,(H,19,20,21). The van der Waals surface area contributed by atoms with E-state index in [1.807, 2.05) is 0 Å². The first kappa shape index (κ1) is 24.1. The summed E-state index contributed by atoms with van der Waals surface area (Å²) in [5.41, 5.74) is 0. The highest BCUT2D eigenvalue weighted by atomic mass is 32.2. The van der Waals surface area contributed by atoms with E-state index in [0.717, 1.165) is 12.8 Å². The molecule has 0 amide bonds. The molecule has 0 saturated heterocycles. The largest absolute Gasteiger partial charge is 0.363 e. The van der Waals surface area contributed by atoms with Gasteiger partial charge in [-0.3, -0.25) is 4.55 Å². The molecule has 0 rings (SSSR count). The smallest absolute Gasteiger partial charge is 0.289 e. The monoisotopic (exact) mass is 380 g/mol. The molecule has 146 valence electrons. The lowest BCUT2D eigenvalue weighted by Gasteiger charge is -2.14.